The van der Waals surface area contributed by atoms with E-state index in [-0.39, 0.29) is 11.4 Å². The number of fused-ring (bicyclic) bond motifs is 1. The Morgan fingerprint density at radius 1 is 1.03 bits per heavy atom. The van der Waals surface area contributed by atoms with Crippen molar-refractivity contribution in [2.24, 2.45) is 0 Å². The molecule has 0 fully saturated rings. The van der Waals surface area contributed by atoms with Gasteiger partial charge in [0.05, 0.1) is 10.2 Å². The van der Waals surface area contributed by atoms with Crippen LogP contribution in [0.5, 0.6) is 0 Å². The number of nitrogens with one attached hydrogen (secondary N) is 2. The van der Waals surface area contributed by atoms with Crippen molar-refractivity contribution >= 4 is 39.1 Å². The van der Waals surface area contributed by atoms with E-state index in [1.165, 1.54) is 10.3 Å². The largest absolute Gasteiger partial charge is 0.359 e. The van der Waals surface area contributed by atoms with Gasteiger partial charge < -0.3 is 9.84 Å². The molecule has 6 nitrogen and oxygen atoms in total. The van der Waals surface area contributed by atoms with Crippen molar-refractivity contribution in [2.75, 3.05) is 10.6 Å². The van der Waals surface area contributed by atoms with Gasteiger partial charge in [-0.3, -0.25) is 5.32 Å². The predicted molar refractivity (Wildman–Crippen MR) is 118 cm³/mol. The molecule has 0 spiro atoms. The van der Waals surface area contributed by atoms with Gasteiger partial charge in [-0.25, -0.2) is 9.78 Å². The van der Waals surface area contributed by atoms with Crippen molar-refractivity contribution in [1.82, 2.24) is 10.1 Å². The van der Waals surface area contributed by atoms with E-state index in [9.17, 15) is 4.79 Å². The lowest BCUT2D eigenvalue weighted by Gasteiger charge is -2.12. The summed E-state index contributed by atoms with van der Waals surface area (Å²) in [5.41, 5.74) is 3.75. The van der Waals surface area contributed by atoms with Crippen LogP contribution in [-0.4, -0.2) is 16.2 Å². The van der Waals surface area contributed by atoms with Crippen LogP contribution in [0, 0.1) is 6.92 Å². The topological polar surface area (TPSA) is 80.0 Å². The number of aryl methyl sites for hydroxylation is 1. The van der Waals surface area contributed by atoms with Crippen LogP contribution in [0.25, 0.3) is 20.8 Å². The van der Waals surface area contributed by atoms with Crippen LogP contribution in [0.15, 0.2) is 53.1 Å². The Labute approximate surface area is 173 Å². The zero-order valence-electron chi connectivity index (χ0n) is 16.7. The van der Waals surface area contributed by atoms with Crippen molar-refractivity contribution in [2.45, 2.75) is 33.1 Å². The molecule has 2 aromatic heterocycles. The number of thiazole rings is 1. The number of nitrogens with zero attached hydrogens (tertiary/aromatic N) is 2. The van der Waals surface area contributed by atoms with Gasteiger partial charge in [0.1, 0.15) is 10.8 Å². The number of carbonyl (C=O) groups excluding carboxylic acids is 1. The van der Waals surface area contributed by atoms with Gasteiger partial charge in [0.2, 0.25) is 0 Å². The number of rotatable bonds is 3. The van der Waals surface area contributed by atoms with E-state index in [0.29, 0.717) is 17.3 Å². The zero-order valence-corrected chi connectivity index (χ0v) is 17.6. The minimum atomic E-state index is -0.373. The van der Waals surface area contributed by atoms with Gasteiger partial charge in [-0.15, -0.1) is 11.3 Å². The van der Waals surface area contributed by atoms with Crippen LogP contribution in [0.2, 0.25) is 0 Å². The SMILES string of the molecule is Cc1ccc2nc(-c3ccc(NC(=O)Nc4cc(C(C)(C)C)on4)cc3)sc2c1. The lowest BCUT2D eigenvalue weighted by atomic mass is 9.93. The molecule has 2 aromatic carbocycles. The monoisotopic (exact) mass is 406 g/mol. The molecule has 4 aromatic rings. The number of hydrogen-bond donors (Lipinski definition) is 2. The molecule has 0 atom stereocenters. The standard InChI is InChI=1S/C22H22N4O2S/c1-13-5-10-16-17(11-13)29-20(24-16)14-6-8-15(9-7-14)23-21(27)25-19-12-18(28-26-19)22(2,3)4/h5-12H,1-4H3,(H2,23,25,26,27). The highest BCUT2D eigenvalue weighted by molar-refractivity contribution is 7.21. The van der Waals surface area contributed by atoms with E-state index < -0.39 is 0 Å². The minimum absolute atomic E-state index is 0.168. The molecule has 0 saturated heterocycles. The molecule has 0 unspecified atom stereocenters. The molecule has 0 aliphatic carbocycles. The van der Waals surface area contributed by atoms with Gasteiger partial charge in [0, 0.05) is 22.7 Å². The highest BCUT2D eigenvalue weighted by Crippen LogP contribution is 2.31. The van der Waals surface area contributed by atoms with E-state index in [1.807, 2.05) is 51.1 Å². The van der Waals surface area contributed by atoms with Crippen LogP contribution >= 0.6 is 11.3 Å². The molecule has 0 radical (unpaired) electrons. The number of benzene rings is 2. The Bertz CT molecular complexity index is 1170. The molecule has 2 N–H and O–H groups in total. The summed E-state index contributed by atoms with van der Waals surface area (Å²) in [6.07, 6.45) is 0. The minimum Gasteiger partial charge on any atom is -0.359 e. The fourth-order valence-corrected chi connectivity index (χ4v) is 3.89. The summed E-state index contributed by atoms with van der Waals surface area (Å²) >= 11 is 1.66. The smallest absolute Gasteiger partial charge is 0.324 e. The third kappa shape index (κ3) is 4.30. The number of carbonyl (C=O) groups is 1. The quantitative estimate of drug-likeness (QED) is 0.424. The van der Waals surface area contributed by atoms with E-state index in [4.69, 9.17) is 9.51 Å². The molecule has 0 aliphatic heterocycles. The van der Waals surface area contributed by atoms with Crippen molar-refractivity contribution < 1.29 is 9.32 Å². The summed E-state index contributed by atoms with van der Waals surface area (Å²) in [5, 5.41) is 10.3. The van der Waals surface area contributed by atoms with Crippen LogP contribution in [-0.2, 0) is 5.41 Å². The van der Waals surface area contributed by atoms with Gasteiger partial charge in [-0.1, -0.05) is 32.0 Å². The van der Waals surface area contributed by atoms with Crippen molar-refractivity contribution in [1.29, 1.82) is 0 Å². The first-order valence-corrected chi connectivity index (χ1v) is 10.1. The summed E-state index contributed by atoms with van der Waals surface area (Å²) in [6.45, 7) is 8.13. The van der Waals surface area contributed by atoms with Gasteiger partial charge in [0.15, 0.2) is 5.82 Å². The molecular weight excluding hydrogens is 384 g/mol. The fourth-order valence-electron chi connectivity index (χ4n) is 2.82. The maximum atomic E-state index is 12.2. The van der Waals surface area contributed by atoms with Gasteiger partial charge in [-0.05, 0) is 48.9 Å². The third-order valence-electron chi connectivity index (χ3n) is 4.42. The summed E-state index contributed by atoms with van der Waals surface area (Å²) in [6, 6.07) is 15.2. The average Bonchev–Trinajstić information content (AvgIpc) is 3.28. The first-order chi connectivity index (χ1) is 13.8. The molecule has 2 amide bonds. The maximum Gasteiger partial charge on any atom is 0.324 e. The molecule has 148 valence electrons. The highest BCUT2D eigenvalue weighted by atomic mass is 32.1. The average molecular weight is 407 g/mol. The van der Waals surface area contributed by atoms with Crippen molar-refractivity contribution in [3.05, 3.63) is 59.9 Å². The molecule has 0 bridgehead atoms. The van der Waals surface area contributed by atoms with Crippen LogP contribution in [0.4, 0.5) is 16.3 Å². The summed E-state index contributed by atoms with van der Waals surface area (Å²) in [5.74, 6) is 1.09. The van der Waals surface area contributed by atoms with Crippen molar-refractivity contribution in [3.8, 4) is 10.6 Å². The van der Waals surface area contributed by atoms with Gasteiger partial charge >= 0.3 is 6.03 Å². The van der Waals surface area contributed by atoms with Gasteiger partial charge in [-0.2, -0.15) is 0 Å². The fraction of sp³-hybridized carbons (Fsp3) is 0.227. The predicted octanol–water partition coefficient (Wildman–Crippen LogP) is 6.20. The summed E-state index contributed by atoms with van der Waals surface area (Å²) < 4.78 is 6.45. The Morgan fingerprint density at radius 3 is 2.48 bits per heavy atom. The second-order valence-corrected chi connectivity index (χ2v) is 9.00. The first-order valence-electron chi connectivity index (χ1n) is 9.31. The number of aromatic nitrogens is 2. The summed E-state index contributed by atoms with van der Waals surface area (Å²) in [4.78, 5) is 16.9. The number of hydrogen-bond acceptors (Lipinski definition) is 5. The molecule has 7 heteroatoms. The molecule has 4 rings (SSSR count). The van der Waals surface area contributed by atoms with Crippen LogP contribution in [0.3, 0.4) is 0 Å². The van der Waals surface area contributed by atoms with Crippen LogP contribution in [0.1, 0.15) is 32.1 Å². The first kappa shape index (κ1) is 19.1. The highest BCUT2D eigenvalue weighted by Gasteiger charge is 2.20. The second-order valence-electron chi connectivity index (χ2n) is 7.97. The molecule has 2 heterocycles. The lowest BCUT2D eigenvalue weighted by molar-refractivity contribution is 0.262. The Kier molecular flexibility index (Phi) is 4.84. The maximum absolute atomic E-state index is 12.2. The lowest BCUT2D eigenvalue weighted by Crippen LogP contribution is -2.19. The second kappa shape index (κ2) is 7.33. The molecule has 0 saturated carbocycles. The molecule has 0 aliphatic rings. The third-order valence-corrected chi connectivity index (χ3v) is 5.49. The van der Waals surface area contributed by atoms with E-state index >= 15 is 0 Å². The van der Waals surface area contributed by atoms with Crippen molar-refractivity contribution in [3.63, 3.8) is 0 Å². The van der Waals surface area contributed by atoms with Crippen LogP contribution < -0.4 is 10.6 Å². The molecular formula is C22H22N4O2S. The van der Waals surface area contributed by atoms with E-state index in [1.54, 1.807) is 17.4 Å². The Balaban J connectivity index is 1.43. The number of amides is 2. The normalized spacial score (nSPS) is 11.6. The number of anilines is 2. The molecule has 29 heavy (non-hydrogen) atoms. The Hall–Kier alpha value is -3.19. The summed E-state index contributed by atoms with van der Waals surface area (Å²) in [7, 11) is 0. The van der Waals surface area contributed by atoms with E-state index in [2.05, 4.69) is 34.8 Å². The Morgan fingerprint density at radius 2 is 1.79 bits per heavy atom. The van der Waals surface area contributed by atoms with Gasteiger partial charge in [0.25, 0.3) is 0 Å². The number of urea groups is 1. The zero-order chi connectivity index (χ0) is 20.6. The van der Waals surface area contributed by atoms with E-state index in [0.717, 1.165) is 16.1 Å².